The molecule has 26 heavy (non-hydrogen) atoms. The number of hydrogen-bond donors (Lipinski definition) is 2. The van der Waals surface area contributed by atoms with E-state index in [1.807, 2.05) is 24.3 Å². The van der Waals surface area contributed by atoms with E-state index < -0.39 is 0 Å². The number of amides is 1. The molecule has 0 saturated heterocycles. The lowest BCUT2D eigenvalue weighted by Gasteiger charge is -2.08. The molecule has 6 heteroatoms. The molecule has 1 heterocycles. The van der Waals surface area contributed by atoms with Crippen molar-refractivity contribution in [3.63, 3.8) is 0 Å². The smallest absolute Gasteiger partial charge is 0.253 e. The molecule has 1 amide bonds. The number of pyridine rings is 1. The molecule has 3 aromatic rings. The van der Waals surface area contributed by atoms with Crippen LogP contribution in [0.4, 0.5) is 11.5 Å². The Bertz CT molecular complexity index is 964. The number of nitrogens with zero attached hydrogens (tertiary/aromatic N) is 2. The second kappa shape index (κ2) is 8.15. The third-order valence-electron chi connectivity index (χ3n) is 3.69. The van der Waals surface area contributed by atoms with Gasteiger partial charge in [-0.3, -0.25) is 4.79 Å². The van der Waals surface area contributed by atoms with E-state index in [1.165, 1.54) is 6.20 Å². The van der Waals surface area contributed by atoms with Crippen LogP contribution >= 0.6 is 11.6 Å². The van der Waals surface area contributed by atoms with Crippen LogP contribution in [-0.2, 0) is 6.54 Å². The summed E-state index contributed by atoms with van der Waals surface area (Å²) in [4.78, 5) is 16.5. The largest absolute Gasteiger partial charge is 0.348 e. The summed E-state index contributed by atoms with van der Waals surface area (Å²) < 4.78 is 0. The first-order valence-corrected chi connectivity index (χ1v) is 8.28. The second-order valence-electron chi connectivity index (χ2n) is 5.52. The van der Waals surface area contributed by atoms with E-state index in [0.29, 0.717) is 28.5 Å². The Labute approximate surface area is 156 Å². The van der Waals surface area contributed by atoms with Crippen LogP contribution in [0.2, 0.25) is 5.02 Å². The molecule has 2 N–H and O–H groups in total. The normalized spacial score (nSPS) is 10.0. The van der Waals surface area contributed by atoms with Gasteiger partial charge in [0.05, 0.1) is 17.2 Å². The Morgan fingerprint density at radius 1 is 1.12 bits per heavy atom. The van der Waals surface area contributed by atoms with Crippen molar-refractivity contribution in [1.82, 2.24) is 10.3 Å². The summed E-state index contributed by atoms with van der Waals surface area (Å²) in [7, 11) is 0. The predicted molar refractivity (Wildman–Crippen MR) is 101 cm³/mol. The molecule has 0 atom stereocenters. The van der Waals surface area contributed by atoms with Crippen molar-refractivity contribution in [2.75, 3.05) is 5.32 Å². The fourth-order valence-electron chi connectivity index (χ4n) is 2.34. The van der Waals surface area contributed by atoms with Gasteiger partial charge in [0.2, 0.25) is 0 Å². The minimum atomic E-state index is -0.226. The van der Waals surface area contributed by atoms with Gasteiger partial charge in [-0.1, -0.05) is 35.9 Å². The number of nitrogens with one attached hydrogen (secondary N) is 2. The predicted octanol–water partition coefficient (Wildman–Crippen LogP) is 4.28. The van der Waals surface area contributed by atoms with E-state index in [0.717, 1.165) is 11.3 Å². The summed E-state index contributed by atoms with van der Waals surface area (Å²) in [5.41, 5.74) is 2.62. The van der Waals surface area contributed by atoms with Crippen LogP contribution in [0.15, 0.2) is 66.9 Å². The molecule has 0 spiro atoms. The van der Waals surface area contributed by atoms with Gasteiger partial charge in [-0.2, -0.15) is 5.26 Å². The molecule has 2 aromatic carbocycles. The maximum absolute atomic E-state index is 12.2. The van der Waals surface area contributed by atoms with Gasteiger partial charge in [-0.15, -0.1) is 0 Å². The fourth-order valence-corrected chi connectivity index (χ4v) is 2.54. The molecule has 1 aromatic heterocycles. The van der Waals surface area contributed by atoms with Crippen molar-refractivity contribution in [2.24, 2.45) is 0 Å². The quantitative estimate of drug-likeness (QED) is 0.710. The first-order chi connectivity index (χ1) is 12.7. The van der Waals surface area contributed by atoms with Crippen molar-refractivity contribution in [3.8, 4) is 6.07 Å². The average molecular weight is 363 g/mol. The first kappa shape index (κ1) is 17.5. The highest BCUT2D eigenvalue weighted by atomic mass is 35.5. The van der Waals surface area contributed by atoms with Crippen LogP contribution in [0.5, 0.6) is 0 Å². The average Bonchev–Trinajstić information content (AvgIpc) is 2.68. The molecule has 128 valence electrons. The Morgan fingerprint density at radius 3 is 2.69 bits per heavy atom. The molecule has 0 aliphatic carbocycles. The molecular formula is C20H15ClN4O. The summed E-state index contributed by atoms with van der Waals surface area (Å²) in [5, 5.41) is 15.5. The highest BCUT2D eigenvalue weighted by molar-refractivity contribution is 6.31. The number of carbonyl (C=O) groups excluding carboxylic acids is 1. The molecule has 0 bridgehead atoms. The molecule has 0 saturated carbocycles. The van der Waals surface area contributed by atoms with Crippen LogP contribution in [0, 0.1) is 11.3 Å². The zero-order valence-corrected chi connectivity index (χ0v) is 14.5. The summed E-state index contributed by atoms with van der Waals surface area (Å²) in [6.45, 7) is 0.347. The van der Waals surface area contributed by atoms with E-state index in [2.05, 4.69) is 21.7 Å². The van der Waals surface area contributed by atoms with Gasteiger partial charge in [0.25, 0.3) is 5.91 Å². The third-order valence-corrected chi connectivity index (χ3v) is 4.06. The standard InChI is InChI=1S/C20H15ClN4O/c21-18-7-2-1-5-15(18)12-24-20(26)16-8-9-19(23-13-16)25-17-6-3-4-14(10-17)11-22/h1-10,13H,12H2,(H,23,25)(H,24,26). The van der Waals surface area contributed by atoms with Gasteiger partial charge in [0.1, 0.15) is 5.82 Å². The maximum atomic E-state index is 12.2. The number of rotatable bonds is 5. The Kier molecular flexibility index (Phi) is 5.47. The number of aromatic nitrogens is 1. The second-order valence-corrected chi connectivity index (χ2v) is 5.93. The fraction of sp³-hybridized carbons (Fsp3) is 0.0500. The van der Waals surface area contributed by atoms with Gasteiger partial charge in [0.15, 0.2) is 0 Å². The van der Waals surface area contributed by atoms with Crippen molar-refractivity contribution in [3.05, 3.63) is 88.6 Å². The minimum Gasteiger partial charge on any atom is -0.348 e. The Morgan fingerprint density at radius 2 is 1.96 bits per heavy atom. The molecule has 3 rings (SSSR count). The topological polar surface area (TPSA) is 77.8 Å². The van der Waals surface area contributed by atoms with Crippen molar-refractivity contribution in [1.29, 1.82) is 5.26 Å². The lowest BCUT2D eigenvalue weighted by atomic mass is 10.2. The Hall–Kier alpha value is -3.36. The third kappa shape index (κ3) is 4.38. The molecular weight excluding hydrogens is 348 g/mol. The summed E-state index contributed by atoms with van der Waals surface area (Å²) in [6, 6.07) is 19.9. The van der Waals surface area contributed by atoms with E-state index in [4.69, 9.17) is 16.9 Å². The maximum Gasteiger partial charge on any atom is 0.253 e. The van der Waals surface area contributed by atoms with Gasteiger partial charge >= 0.3 is 0 Å². The number of nitriles is 1. The Balaban J connectivity index is 1.62. The van der Waals surface area contributed by atoms with E-state index in [-0.39, 0.29) is 5.91 Å². The number of hydrogen-bond acceptors (Lipinski definition) is 4. The molecule has 0 aliphatic heterocycles. The summed E-state index contributed by atoms with van der Waals surface area (Å²) in [6.07, 6.45) is 1.50. The van der Waals surface area contributed by atoms with Crippen LogP contribution in [-0.4, -0.2) is 10.9 Å². The van der Waals surface area contributed by atoms with E-state index in [1.54, 1.807) is 36.4 Å². The summed E-state index contributed by atoms with van der Waals surface area (Å²) >= 11 is 6.08. The van der Waals surface area contributed by atoms with Crippen molar-refractivity contribution >= 4 is 29.0 Å². The van der Waals surface area contributed by atoms with Gasteiger partial charge in [-0.05, 0) is 42.0 Å². The van der Waals surface area contributed by atoms with Crippen LogP contribution in [0.25, 0.3) is 0 Å². The van der Waals surface area contributed by atoms with Crippen LogP contribution < -0.4 is 10.6 Å². The SMILES string of the molecule is N#Cc1cccc(Nc2ccc(C(=O)NCc3ccccc3Cl)cn2)c1. The van der Waals surface area contributed by atoms with E-state index in [9.17, 15) is 4.79 Å². The molecule has 0 unspecified atom stereocenters. The number of benzene rings is 2. The van der Waals surface area contributed by atoms with Crippen molar-refractivity contribution < 1.29 is 4.79 Å². The number of anilines is 2. The highest BCUT2D eigenvalue weighted by Crippen LogP contribution is 2.17. The molecule has 0 radical (unpaired) electrons. The molecule has 0 fully saturated rings. The molecule has 0 aliphatic rings. The zero-order valence-electron chi connectivity index (χ0n) is 13.7. The summed E-state index contributed by atoms with van der Waals surface area (Å²) in [5.74, 6) is 0.359. The van der Waals surface area contributed by atoms with Gasteiger partial charge < -0.3 is 10.6 Å². The number of halogens is 1. The van der Waals surface area contributed by atoms with Gasteiger partial charge in [0, 0.05) is 23.5 Å². The molecule has 5 nitrogen and oxygen atoms in total. The van der Waals surface area contributed by atoms with Crippen LogP contribution in [0.3, 0.4) is 0 Å². The van der Waals surface area contributed by atoms with Gasteiger partial charge in [-0.25, -0.2) is 4.98 Å². The lowest BCUT2D eigenvalue weighted by Crippen LogP contribution is -2.23. The first-order valence-electron chi connectivity index (χ1n) is 7.90. The number of carbonyl (C=O) groups is 1. The van der Waals surface area contributed by atoms with Crippen LogP contribution in [0.1, 0.15) is 21.5 Å². The monoisotopic (exact) mass is 362 g/mol. The zero-order chi connectivity index (χ0) is 18.4. The minimum absolute atomic E-state index is 0.226. The van der Waals surface area contributed by atoms with Crippen molar-refractivity contribution in [2.45, 2.75) is 6.54 Å². The van der Waals surface area contributed by atoms with E-state index >= 15 is 0 Å². The lowest BCUT2D eigenvalue weighted by molar-refractivity contribution is 0.0950. The highest BCUT2D eigenvalue weighted by Gasteiger charge is 2.07.